The maximum absolute atomic E-state index is 10.0. The molecule has 4 aromatic rings. The second kappa shape index (κ2) is 9.66. The van der Waals surface area contributed by atoms with Crippen LogP contribution >= 0.6 is 23.1 Å². The van der Waals surface area contributed by atoms with E-state index in [1.54, 1.807) is 0 Å². The Hall–Kier alpha value is -2.84. The Kier molecular flexibility index (Phi) is 6.24. The fraction of sp³-hybridized carbons (Fsp3) is 0.296. The molecule has 1 fully saturated rings. The molecule has 3 aromatic carbocycles. The van der Waals surface area contributed by atoms with Gasteiger partial charge in [-0.25, -0.2) is 0 Å². The summed E-state index contributed by atoms with van der Waals surface area (Å²) in [5.74, 6) is 2.29. The highest BCUT2D eigenvalue weighted by Gasteiger charge is 2.19. The van der Waals surface area contributed by atoms with E-state index in [2.05, 4.69) is 32.8 Å². The van der Waals surface area contributed by atoms with Crippen molar-refractivity contribution in [1.82, 2.24) is 9.27 Å². The normalized spacial score (nSPS) is 18.1. The summed E-state index contributed by atoms with van der Waals surface area (Å²) in [6, 6.07) is 18.3. The van der Waals surface area contributed by atoms with Crippen LogP contribution in [0.25, 0.3) is 21.2 Å². The molecule has 180 valence electrons. The highest BCUT2D eigenvalue weighted by atomic mass is 35.5. The first-order valence-corrected chi connectivity index (χ1v) is 13.0. The second-order valence-corrected chi connectivity index (χ2v) is 10.2. The summed E-state index contributed by atoms with van der Waals surface area (Å²) in [6.45, 7) is 3.68. The van der Waals surface area contributed by atoms with Gasteiger partial charge in [0.1, 0.15) is 13.2 Å². The van der Waals surface area contributed by atoms with Crippen LogP contribution in [0, 0.1) is 0 Å². The van der Waals surface area contributed by atoms with Crippen molar-refractivity contribution in [3.05, 3.63) is 65.2 Å². The number of rotatable bonds is 5. The summed E-state index contributed by atoms with van der Waals surface area (Å²) < 4.78 is 17.2. The fourth-order valence-corrected chi connectivity index (χ4v) is 5.80. The van der Waals surface area contributed by atoms with Crippen molar-refractivity contribution in [2.75, 3.05) is 31.6 Å². The topological polar surface area (TPSA) is 66.9 Å². The molecular formula is C27H26ClN3O3S. The minimum absolute atomic E-state index is 0.226. The highest BCUT2D eigenvalue weighted by Crippen LogP contribution is 2.40. The summed E-state index contributed by atoms with van der Waals surface area (Å²) in [7, 11) is 0. The Morgan fingerprint density at radius 3 is 2.86 bits per heavy atom. The minimum atomic E-state index is -0.226. The van der Waals surface area contributed by atoms with Crippen LogP contribution in [0.5, 0.6) is 11.5 Å². The van der Waals surface area contributed by atoms with Gasteiger partial charge in [0.2, 0.25) is 0 Å². The van der Waals surface area contributed by atoms with E-state index < -0.39 is 0 Å². The third-order valence-corrected chi connectivity index (χ3v) is 7.76. The number of likely N-dealkylation sites (tertiary alicyclic amines) is 1. The van der Waals surface area contributed by atoms with Gasteiger partial charge in [-0.1, -0.05) is 35.9 Å². The number of ether oxygens (including phenoxy) is 2. The van der Waals surface area contributed by atoms with Crippen molar-refractivity contribution in [2.24, 2.45) is 0 Å². The number of aliphatic hydroxyl groups excluding tert-OH is 1. The van der Waals surface area contributed by atoms with Crippen molar-refractivity contribution in [1.29, 1.82) is 0 Å². The van der Waals surface area contributed by atoms with E-state index in [-0.39, 0.29) is 6.10 Å². The molecule has 0 saturated carbocycles. The molecule has 0 radical (unpaired) electrons. The molecule has 0 aliphatic carbocycles. The van der Waals surface area contributed by atoms with Gasteiger partial charge in [0, 0.05) is 24.0 Å². The summed E-state index contributed by atoms with van der Waals surface area (Å²) in [5, 5.41) is 15.2. The number of fused-ring (bicyclic) bond motifs is 2. The highest BCUT2D eigenvalue weighted by molar-refractivity contribution is 7.13. The third kappa shape index (κ3) is 4.69. The van der Waals surface area contributed by atoms with Gasteiger partial charge in [0.25, 0.3) is 0 Å². The minimum Gasteiger partial charge on any atom is -0.486 e. The monoisotopic (exact) mass is 507 g/mol. The number of nitrogens with zero attached hydrogens (tertiary/aromatic N) is 2. The number of β-amino-alcohol motifs (C(OH)–C–C–N with tert-alkyl or cyclic N) is 1. The van der Waals surface area contributed by atoms with E-state index in [1.165, 1.54) is 17.1 Å². The Balaban J connectivity index is 1.27. The van der Waals surface area contributed by atoms with Gasteiger partial charge in [0.15, 0.2) is 17.3 Å². The molecule has 35 heavy (non-hydrogen) atoms. The number of hydrogen-bond donors (Lipinski definition) is 2. The Bertz CT molecular complexity index is 1380. The number of hydrogen-bond acceptors (Lipinski definition) is 7. The van der Waals surface area contributed by atoms with Crippen molar-refractivity contribution in [3.8, 4) is 22.6 Å². The first-order chi connectivity index (χ1) is 17.1. The molecule has 2 aliphatic heterocycles. The van der Waals surface area contributed by atoms with Crippen molar-refractivity contribution in [2.45, 2.75) is 25.5 Å². The number of aliphatic hydroxyl groups is 1. The molecule has 0 amide bonds. The molecule has 2 aliphatic rings. The molecule has 6 rings (SSSR count). The number of nitrogens with one attached hydrogen (secondary N) is 1. The quantitative estimate of drug-likeness (QED) is 0.341. The predicted molar refractivity (Wildman–Crippen MR) is 141 cm³/mol. The average molecular weight is 508 g/mol. The van der Waals surface area contributed by atoms with Crippen LogP contribution < -0.4 is 14.8 Å². The number of piperidine rings is 1. The maximum Gasteiger partial charge on any atom is 0.161 e. The molecular weight excluding hydrogens is 482 g/mol. The van der Waals surface area contributed by atoms with Gasteiger partial charge < -0.3 is 19.9 Å². The molecule has 0 bridgehead atoms. The molecule has 1 saturated heterocycles. The van der Waals surface area contributed by atoms with Gasteiger partial charge in [-0.05, 0) is 72.4 Å². The first-order valence-electron chi connectivity index (χ1n) is 11.9. The number of halogens is 1. The number of benzene rings is 3. The van der Waals surface area contributed by atoms with Crippen LogP contribution in [0.4, 0.5) is 11.5 Å². The lowest BCUT2D eigenvalue weighted by Crippen LogP contribution is -2.37. The number of anilines is 2. The summed E-state index contributed by atoms with van der Waals surface area (Å²) in [6.07, 6.45) is 1.70. The summed E-state index contributed by atoms with van der Waals surface area (Å²) in [4.78, 5) is 2.32. The molecule has 0 spiro atoms. The van der Waals surface area contributed by atoms with Crippen molar-refractivity contribution in [3.63, 3.8) is 0 Å². The van der Waals surface area contributed by atoms with Gasteiger partial charge in [-0.15, -0.1) is 0 Å². The van der Waals surface area contributed by atoms with Gasteiger partial charge in [0.05, 0.1) is 21.5 Å². The van der Waals surface area contributed by atoms with Gasteiger partial charge >= 0.3 is 0 Å². The SMILES string of the molecule is OC1CCCN(Cc2ccc3snc(Nc4cccc(-c5ccc6c(c5)OCCO6)c4Cl)c3c2)C1. The zero-order chi connectivity index (χ0) is 23.8. The summed E-state index contributed by atoms with van der Waals surface area (Å²) in [5.41, 5.74) is 3.90. The lowest BCUT2D eigenvalue weighted by Gasteiger charge is -2.29. The molecule has 1 atom stereocenters. The largest absolute Gasteiger partial charge is 0.486 e. The van der Waals surface area contributed by atoms with E-state index in [0.717, 1.165) is 76.7 Å². The molecule has 1 aromatic heterocycles. The lowest BCUT2D eigenvalue weighted by molar-refractivity contribution is 0.0668. The molecule has 2 N–H and O–H groups in total. The van der Waals surface area contributed by atoms with Crippen LogP contribution in [0.15, 0.2) is 54.6 Å². The zero-order valence-electron chi connectivity index (χ0n) is 19.2. The zero-order valence-corrected chi connectivity index (χ0v) is 20.7. The second-order valence-electron chi connectivity index (χ2n) is 9.04. The van der Waals surface area contributed by atoms with Crippen LogP contribution in [0.3, 0.4) is 0 Å². The van der Waals surface area contributed by atoms with E-state index in [4.69, 9.17) is 21.1 Å². The van der Waals surface area contributed by atoms with Crippen LogP contribution in [-0.2, 0) is 6.54 Å². The van der Waals surface area contributed by atoms with Crippen LogP contribution in [0.1, 0.15) is 18.4 Å². The molecule has 3 heterocycles. The van der Waals surface area contributed by atoms with E-state index in [0.29, 0.717) is 18.2 Å². The van der Waals surface area contributed by atoms with Gasteiger partial charge in [-0.3, -0.25) is 4.90 Å². The van der Waals surface area contributed by atoms with Crippen LogP contribution in [-0.4, -0.2) is 46.8 Å². The molecule has 8 heteroatoms. The van der Waals surface area contributed by atoms with E-state index in [1.807, 2.05) is 36.4 Å². The van der Waals surface area contributed by atoms with Crippen molar-refractivity contribution >= 4 is 44.7 Å². The predicted octanol–water partition coefficient (Wildman–Crippen LogP) is 6.09. The Morgan fingerprint density at radius 1 is 1.09 bits per heavy atom. The smallest absolute Gasteiger partial charge is 0.161 e. The van der Waals surface area contributed by atoms with Crippen LogP contribution in [0.2, 0.25) is 5.02 Å². The first kappa shape index (κ1) is 22.6. The third-order valence-electron chi connectivity index (χ3n) is 6.53. The Morgan fingerprint density at radius 2 is 1.97 bits per heavy atom. The van der Waals surface area contributed by atoms with E-state index in [9.17, 15) is 5.11 Å². The standard InChI is InChI=1S/C27H26ClN3O3S/c28-26-20(18-7-8-23-24(14-18)34-12-11-33-23)4-1-5-22(26)29-27-21-13-17(6-9-25(21)35-30-27)15-31-10-2-3-19(32)16-31/h1,4-9,13-14,19,32H,2-3,10-12,15-16H2,(H,29,30). The average Bonchev–Trinajstić information content (AvgIpc) is 3.27. The molecule has 1 unspecified atom stereocenters. The fourth-order valence-electron chi connectivity index (χ4n) is 4.80. The van der Waals surface area contributed by atoms with E-state index >= 15 is 0 Å². The molecule has 6 nitrogen and oxygen atoms in total. The maximum atomic E-state index is 10.0. The Labute approximate surface area is 213 Å². The summed E-state index contributed by atoms with van der Waals surface area (Å²) >= 11 is 8.35. The van der Waals surface area contributed by atoms with Gasteiger partial charge in [-0.2, -0.15) is 4.37 Å². The number of aromatic nitrogens is 1. The van der Waals surface area contributed by atoms with Crippen molar-refractivity contribution < 1.29 is 14.6 Å². The lowest BCUT2D eigenvalue weighted by atomic mass is 10.0.